The molecule has 0 bridgehead atoms. The average Bonchev–Trinajstić information content (AvgIpc) is 2.77. The van der Waals surface area contributed by atoms with Crippen LogP contribution in [-0.2, 0) is 6.42 Å². The number of aliphatic hydroxyl groups is 1. The molecule has 5 heteroatoms. The highest BCUT2D eigenvalue weighted by Gasteiger charge is 2.10. The molecule has 102 valence electrons. The Morgan fingerprint density at radius 2 is 2.26 bits per heavy atom. The Hall–Kier alpha value is -0.910. The Morgan fingerprint density at radius 1 is 1.47 bits per heavy atom. The van der Waals surface area contributed by atoms with Crippen LogP contribution in [0.5, 0.6) is 5.75 Å². The predicted molar refractivity (Wildman–Crippen MR) is 80.8 cm³/mol. The lowest BCUT2D eigenvalue weighted by Crippen LogP contribution is -2.04. The lowest BCUT2D eigenvalue weighted by Gasteiger charge is -2.13. The van der Waals surface area contributed by atoms with Crippen molar-refractivity contribution in [1.82, 2.24) is 4.98 Å². The number of hydrogen-bond acceptors (Lipinski definition) is 4. The zero-order valence-corrected chi connectivity index (χ0v) is 13.3. The number of rotatable bonds is 5. The van der Waals surface area contributed by atoms with Crippen LogP contribution in [0.4, 0.5) is 0 Å². The largest absolute Gasteiger partial charge is 0.493 e. The van der Waals surface area contributed by atoms with Gasteiger partial charge in [0, 0.05) is 21.3 Å². The topological polar surface area (TPSA) is 42.4 Å². The van der Waals surface area contributed by atoms with Crippen LogP contribution in [0.15, 0.2) is 28.2 Å². The fourth-order valence-electron chi connectivity index (χ4n) is 1.80. The monoisotopic (exact) mass is 341 g/mol. The molecule has 1 aromatic heterocycles. The van der Waals surface area contributed by atoms with Crippen molar-refractivity contribution in [3.63, 3.8) is 0 Å². The minimum Gasteiger partial charge on any atom is -0.493 e. The third-order valence-electron chi connectivity index (χ3n) is 2.85. The minimum absolute atomic E-state index is 0.544. The van der Waals surface area contributed by atoms with Gasteiger partial charge in [-0.25, -0.2) is 4.98 Å². The number of halogens is 1. The number of aryl methyl sites for hydroxylation is 1. The predicted octanol–water partition coefficient (Wildman–Crippen LogP) is 3.89. The molecule has 1 atom stereocenters. The smallest absolute Gasteiger partial charge is 0.125 e. The lowest BCUT2D eigenvalue weighted by molar-refractivity contribution is 0.191. The Labute approximate surface area is 125 Å². The summed E-state index contributed by atoms with van der Waals surface area (Å²) in [5.41, 5.74) is 3.72. The van der Waals surface area contributed by atoms with Gasteiger partial charge in [-0.15, -0.1) is 11.3 Å². The normalized spacial score (nSPS) is 12.4. The number of benzene rings is 1. The zero-order chi connectivity index (χ0) is 13.8. The van der Waals surface area contributed by atoms with Gasteiger partial charge in [0.2, 0.25) is 0 Å². The van der Waals surface area contributed by atoms with E-state index in [1.54, 1.807) is 18.3 Å². The maximum Gasteiger partial charge on any atom is 0.125 e. The van der Waals surface area contributed by atoms with E-state index in [9.17, 15) is 5.11 Å². The van der Waals surface area contributed by atoms with Gasteiger partial charge in [-0.1, -0.05) is 15.9 Å². The fourth-order valence-corrected chi connectivity index (χ4v) is 2.94. The van der Waals surface area contributed by atoms with Gasteiger partial charge in [0.05, 0.1) is 23.9 Å². The third-order valence-corrected chi connectivity index (χ3v) is 4.34. The summed E-state index contributed by atoms with van der Waals surface area (Å²) in [5.74, 6) is 0.736. The molecule has 0 spiro atoms. The first-order valence-electron chi connectivity index (χ1n) is 6.07. The molecular formula is C14H16BrNO2S. The highest BCUT2D eigenvalue weighted by Crippen LogP contribution is 2.28. The fraction of sp³-hybridized carbons (Fsp3) is 0.357. The van der Waals surface area contributed by atoms with Gasteiger partial charge in [0.25, 0.3) is 0 Å². The van der Waals surface area contributed by atoms with E-state index in [2.05, 4.69) is 20.9 Å². The summed E-state index contributed by atoms with van der Waals surface area (Å²) in [6, 6.07) is 5.68. The molecule has 0 saturated carbocycles. The van der Waals surface area contributed by atoms with Crippen molar-refractivity contribution in [3.8, 4) is 5.75 Å². The SMILES string of the molecule is Cc1ncsc1CCOc1ccc(Br)cc1[C@@H](C)O. The van der Waals surface area contributed by atoms with Crippen LogP contribution in [0.1, 0.15) is 29.2 Å². The van der Waals surface area contributed by atoms with Gasteiger partial charge in [0.1, 0.15) is 5.75 Å². The van der Waals surface area contributed by atoms with Crippen LogP contribution in [0, 0.1) is 6.92 Å². The van der Waals surface area contributed by atoms with Crippen LogP contribution in [0.25, 0.3) is 0 Å². The van der Waals surface area contributed by atoms with Crippen molar-refractivity contribution >= 4 is 27.3 Å². The number of aromatic nitrogens is 1. The van der Waals surface area contributed by atoms with E-state index in [1.165, 1.54) is 4.88 Å². The second-order valence-corrected chi connectivity index (χ2v) is 6.17. The Bertz CT molecular complexity index is 554. The second-order valence-electron chi connectivity index (χ2n) is 4.32. The van der Waals surface area contributed by atoms with E-state index in [0.717, 1.165) is 27.9 Å². The van der Waals surface area contributed by atoms with Gasteiger partial charge >= 0.3 is 0 Å². The second kappa shape index (κ2) is 6.50. The summed E-state index contributed by atoms with van der Waals surface area (Å²) in [4.78, 5) is 5.46. The van der Waals surface area contributed by atoms with Gasteiger partial charge in [-0.3, -0.25) is 0 Å². The molecule has 19 heavy (non-hydrogen) atoms. The van der Waals surface area contributed by atoms with Crippen molar-refractivity contribution in [1.29, 1.82) is 0 Å². The molecule has 1 heterocycles. The minimum atomic E-state index is -0.544. The van der Waals surface area contributed by atoms with Crippen molar-refractivity contribution in [2.45, 2.75) is 26.4 Å². The molecule has 0 aliphatic heterocycles. The van der Waals surface area contributed by atoms with E-state index < -0.39 is 6.10 Å². The molecule has 0 aliphatic rings. The van der Waals surface area contributed by atoms with Gasteiger partial charge < -0.3 is 9.84 Å². The molecule has 0 aliphatic carbocycles. The highest BCUT2D eigenvalue weighted by molar-refractivity contribution is 9.10. The van der Waals surface area contributed by atoms with Crippen LogP contribution < -0.4 is 4.74 Å². The number of aliphatic hydroxyl groups excluding tert-OH is 1. The van der Waals surface area contributed by atoms with Gasteiger partial charge in [-0.2, -0.15) is 0 Å². The van der Waals surface area contributed by atoms with E-state index in [0.29, 0.717) is 6.61 Å². The van der Waals surface area contributed by atoms with Crippen LogP contribution in [-0.4, -0.2) is 16.7 Å². The summed E-state index contributed by atoms with van der Waals surface area (Å²) in [6.07, 6.45) is 0.295. The Balaban J connectivity index is 2.01. The summed E-state index contributed by atoms with van der Waals surface area (Å²) in [5, 5.41) is 9.75. The summed E-state index contributed by atoms with van der Waals surface area (Å²) >= 11 is 5.05. The first-order chi connectivity index (χ1) is 9.08. The molecule has 1 N–H and O–H groups in total. The first-order valence-corrected chi connectivity index (χ1v) is 7.74. The zero-order valence-electron chi connectivity index (χ0n) is 10.9. The van der Waals surface area contributed by atoms with Crippen LogP contribution in [0.2, 0.25) is 0 Å². The molecule has 2 rings (SSSR count). The van der Waals surface area contributed by atoms with Crippen LogP contribution in [0.3, 0.4) is 0 Å². The lowest BCUT2D eigenvalue weighted by atomic mass is 10.1. The average molecular weight is 342 g/mol. The van der Waals surface area contributed by atoms with Crippen LogP contribution >= 0.6 is 27.3 Å². The molecule has 0 amide bonds. The maximum absolute atomic E-state index is 9.75. The molecule has 0 radical (unpaired) electrons. The molecule has 3 nitrogen and oxygen atoms in total. The quantitative estimate of drug-likeness (QED) is 0.896. The molecule has 0 unspecified atom stereocenters. The standard InChI is InChI=1S/C14H16BrNO2S/c1-9-14(19-8-16-9)5-6-18-13-4-3-11(15)7-12(13)10(2)17/h3-4,7-8,10,17H,5-6H2,1-2H3/t10-/m1/s1. The Morgan fingerprint density at radius 3 is 2.89 bits per heavy atom. The maximum atomic E-state index is 9.75. The number of nitrogens with zero attached hydrogens (tertiary/aromatic N) is 1. The molecule has 1 aromatic carbocycles. The van der Waals surface area contributed by atoms with E-state index >= 15 is 0 Å². The first kappa shape index (κ1) is 14.5. The summed E-state index contributed by atoms with van der Waals surface area (Å²) < 4.78 is 6.72. The van der Waals surface area contributed by atoms with Crippen molar-refractivity contribution in [3.05, 3.63) is 44.3 Å². The third kappa shape index (κ3) is 3.78. The summed E-state index contributed by atoms with van der Waals surface area (Å²) in [7, 11) is 0. The van der Waals surface area contributed by atoms with Crippen molar-refractivity contribution in [2.75, 3.05) is 6.61 Å². The molecule has 0 saturated heterocycles. The number of ether oxygens (including phenoxy) is 1. The molecule has 0 fully saturated rings. The van der Waals surface area contributed by atoms with E-state index in [4.69, 9.17) is 4.74 Å². The van der Waals surface area contributed by atoms with Gasteiger partial charge in [-0.05, 0) is 32.0 Å². The number of hydrogen-bond donors (Lipinski definition) is 1. The van der Waals surface area contributed by atoms with Crippen molar-refractivity contribution < 1.29 is 9.84 Å². The highest BCUT2D eigenvalue weighted by atomic mass is 79.9. The van der Waals surface area contributed by atoms with E-state index in [1.807, 2.05) is 30.6 Å². The summed E-state index contributed by atoms with van der Waals surface area (Å²) in [6.45, 7) is 4.33. The van der Waals surface area contributed by atoms with Gasteiger partial charge in [0.15, 0.2) is 0 Å². The van der Waals surface area contributed by atoms with E-state index in [-0.39, 0.29) is 0 Å². The molecular weight excluding hydrogens is 326 g/mol. The van der Waals surface area contributed by atoms with Crippen molar-refractivity contribution in [2.24, 2.45) is 0 Å². The number of thiazole rings is 1. The Kier molecular flexibility index (Phi) is 4.96. The molecule has 2 aromatic rings.